The van der Waals surface area contributed by atoms with Gasteiger partial charge in [0.05, 0.1) is 19.4 Å². The zero-order chi connectivity index (χ0) is 19.0. The van der Waals surface area contributed by atoms with Crippen LogP contribution < -0.4 is 15.1 Å². The molecule has 1 N–H and O–H groups in total. The summed E-state index contributed by atoms with van der Waals surface area (Å²) >= 11 is 0. The van der Waals surface area contributed by atoms with Crippen molar-refractivity contribution in [2.24, 2.45) is 11.0 Å². The Bertz CT molecular complexity index is 847. The van der Waals surface area contributed by atoms with Crippen LogP contribution in [0.5, 0.6) is 5.75 Å². The van der Waals surface area contributed by atoms with Gasteiger partial charge in [0.1, 0.15) is 17.7 Å². The third-order valence-electron chi connectivity index (χ3n) is 4.24. The lowest BCUT2D eigenvalue weighted by Crippen LogP contribution is -2.36. The Morgan fingerprint density at radius 1 is 1.27 bits per heavy atom. The Morgan fingerprint density at radius 2 is 2.00 bits per heavy atom. The lowest BCUT2D eigenvalue weighted by molar-refractivity contribution is -0.136. The van der Waals surface area contributed by atoms with E-state index in [-0.39, 0.29) is 29.5 Å². The van der Waals surface area contributed by atoms with E-state index in [1.807, 2.05) is 0 Å². The number of fused-ring (bicyclic) bond motifs is 1. The lowest BCUT2D eigenvalue weighted by Gasteiger charge is -2.19. The van der Waals surface area contributed by atoms with Gasteiger partial charge >= 0.3 is 5.97 Å². The number of esters is 1. The number of hydrogen-bond donors (Lipinski definition) is 1. The molecule has 1 aromatic rings. The SMILES string of the molecule is CCOC(=O)C1=NNC2C(=O)N(c3cc(C(C)=O)ccc3OC)C(=O)C12. The van der Waals surface area contributed by atoms with E-state index in [2.05, 4.69) is 10.5 Å². The van der Waals surface area contributed by atoms with Crippen molar-refractivity contribution in [3.63, 3.8) is 0 Å². The van der Waals surface area contributed by atoms with Crippen LogP contribution in [0.3, 0.4) is 0 Å². The third-order valence-corrected chi connectivity index (χ3v) is 4.24. The van der Waals surface area contributed by atoms with E-state index in [1.165, 1.54) is 26.2 Å². The van der Waals surface area contributed by atoms with E-state index in [1.54, 1.807) is 13.0 Å². The monoisotopic (exact) mass is 359 g/mol. The molecule has 2 aliphatic rings. The van der Waals surface area contributed by atoms with Gasteiger partial charge in [-0.2, -0.15) is 5.10 Å². The number of amides is 2. The maximum Gasteiger partial charge on any atom is 0.355 e. The first kappa shape index (κ1) is 17.6. The summed E-state index contributed by atoms with van der Waals surface area (Å²) in [4.78, 5) is 50.2. The molecule has 1 aromatic carbocycles. The molecule has 2 unspecified atom stereocenters. The molecular weight excluding hydrogens is 342 g/mol. The largest absolute Gasteiger partial charge is 0.495 e. The average Bonchev–Trinajstić information content (AvgIpc) is 3.15. The third kappa shape index (κ3) is 2.61. The highest BCUT2D eigenvalue weighted by atomic mass is 16.5. The second kappa shape index (κ2) is 6.58. The average molecular weight is 359 g/mol. The Hall–Kier alpha value is -3.23. The number of ketones is 1. The lowest BCUT2D eigenvalue weighted by atomic mass is 9.99. The molecule has 9 nitrogen and oxygen atoms in total. The van der Waals surface area contributed by atoms with Crippen molar-refractivity contribution >= 4 is 35.0 Å². The summed E-state index contributed by atoms with van der Waals surface area (Å²) in [5.74, 6) is -3.00. The number of benzene rings is 1. The van der Waals surface area contributed by atoms with Crippen LogP contribution in [0.25, 0.3) is 0 Å². The molecule has 2 amide bonds. The van der Waals surface area contributed by atoms with Crippen LogP contribution in [0.2, 0.25) is 0 Å². The van der Waals surface area contributed by atoms with Crippen LogP contribution in [0.1, 0.15) is 24.2 Å². The second-order valence-corrected chi connectivity index (χ2v) is 5.76. The highest BCUT2D eigenvalue weighted by molar-refractivity contribution is 6.46. The van der Waals surface area contributed by atoms with Gasteiger partial charge in [0.15, 0.2) is 11.5 Å². The fourth-order valence-electron chi connectivity index (χ4n) is 2.98. The fraction of sp³-hybridized carbons (Fsp3) is 0.353. The number of anilines is 1. The number of Topliss-reactive ketones (excluding diaryl/α,β-unsaturated/α-hetero) is 1. The predicted octanol–water partition coefficient (Wildman–Crippen LogP) is 0.278. The Labute approximate surface area is 148 Å². The van der Waals surface area contributed by atoms with Gasteiger partial charge in [-0.05, 0) is 32.0 Å². The van der Waals surface area contributed by atoms with Gasteiger partial charge in [-0.15, -0.1) is 0 Å². The summed E-state index contributed by atoms with van der Waals surface area (Å²) in [5, 5.41) is 3.79. The van der Waals surface area contributed by atoms with Gasteiger partial charge in [-0.3, -0.25) is 19.8 Å². The quantitative estimate of drug-likeness (QED) is 0.456. The number of ether oxygens (including phenoxy) is 2. The summed E-state index contributed by atoms with van der Waals surface area (Å²) in [5.41, 5.74) is 2.86. The minimum absolute atomic E-state index is 0.121. The maximum absolute atomic E-state index is 12.9. The van der Waals surface area contributed by atoms with Crippen molar-refractivity contribution in [1.82, 2.24) is 5.43 Å². The van der Waals surface area contributed by atoms with Crippen LogP contribution >= 0.6 is 0 Å². The van der Waals surface area contributed by atoms with E-state index < -0.39 is 29.7 Å². The molecule has 2 heterocycles. The minimum atomic E-state index is -1.08. The minimum Gasteiger partial charge on any atom is -0.495 e. The number of rotatable bonds is 5. The summed E-state index contributed by atoms with van der Waals surface area (Å²) in [6.07, 6.45) is 0. The smallest absolute Gasteiger partial charge is 0.355 e. The van der Waals surface area contributed by atoms with E-state index in [9.17, 15) is 19.2 Å². The summed E-state index contributed by atoms with van der Waals surface area (Å²) in [7, 11) is 1.39. The van der Waals surface area contributed by atoms with Crippen molar-refractivity contribution in [2.45, 2.75) is 19.9 Å². The van der Waals surface area contributed by atoms with Gasteiger partial charge in [-0.1, -0.05) is 0 Å². The summed E-state index contributed by atoms with van der Waals surface area (Å²) in [6.45, 7) is 3.13. The number of hydrogen-bond acceptors (Lipinski definition) is 8. The molecule has 0 radical (unpaired) electrons. The van der Waals surface area contributed by atoms with Gasteiger partial charge in [0, 0.05) is 5.56 Å². The van der Waals surface area contributed by atoms with Crippen LogP contribution in [0, 0.1) is 5.92 Å². The molecule has 1 saturated heterocycles. The van der Waals surface area contributed by atoms with E-state index in [0.717, 1.165) is 4.90 Å². The molecule has 26 heavy (non-hydrogen) atoms. The Balaban J connectivity index is 2.01. The maximum atomic E-state index is 12.9. The number of carbonyl (C=O) groups is 4. The van der Waals surface area contributed by atoms with Crippen molar-refractivity contribution in [3.05, 3.63) is 23.8 Å². The Morgan fingerprint density at radius 3 is 2.62 bits per heavy atom. The van der Waals surface area contributed by atoms with E-state index in [0.29, 0.717) is 5.56 Å². The molecule has 0 bridgehead atoms. The number of imide groups is 1. The van der Waals surface area contributed by atoms with Crippen molar-refractivity contribution in [2.75, 3.05) is 18.6 Å². The molecule has 0 saturated carbocycles. The molecule has 0 aromatic heterocycles. The van der Waals surface area contributed by atoms with E-state index in [4.69, 9.17) is 9.47 Å². The van der Waals surface area contributed by atoms with Crippen molar-refractivity contribution < 1.29 is 28.7 Å². The van der Waals surface area contributed by atoms with E-state index >= 15 is 0 Å². The van der Waals surface area contributed by atoms with Gasteiger partial charge in [0.25, 0.3) is 5.91 Å². The zero-order valence-electron chi connectivity index (χ0n) is 14.4. The normalized spacial score (nSPS) is 21.2. The fourth-order valence-corrected chi connectivity index (χ4v) is 2.98. The molecule has 3 rings (SSSR count). The molecule has 2 atom stereocenters. The first-order valence-corrected chi connectivity index (χ1v) is 7.97. The van der Waals surface area contributed by atoms with Crippen LogP contribution in [0.15, 0.2) is 23.3 Å². The van der Waals surface area contributed by atoms with Gasteiger partial charge < -0.3 is 9.47 Å². The molecule has 136 valence electrons. The molecular formula is C17H17N3O6. The number of nitrogens with one attached hydrogen (secondary N) is 1. The van der Waals surface area contributed by atoms with Gasteiger partial charge in [-0.25, -0.2) is 9.69 Å². The molecule has 0 aliphatic carbocycles. The van der Waals surface area contributed by atoms with Crippen LogP contribution in [-0.2, 0) is 19.1 Å². The molecule has 1 fully saturated rings. The highest BCUT2D eigenvalue weighted by Gasteiger charge is 2.56. The predicted molar refractivity (Wildman–Crippen MR) is 90.0 cm³/mol. The van der Waals surface area contributed by atoms with Gasteiger partial charge in [0.2, 0.25) is 5.91 Å². The molecule has 9 heteroatoms. The standard InChI is InChI=1S/C17H17N3O6/c1-4-26-17(24)14-12-13(18-19-14)16(23)20(15(12)22)10-7-9(8(2)21)5-6-11(10)25-3/h5-7,12-13,18H,4H2,1-3H3. The topological polar surface area (TPSA) is 114 Å². The number of hydrazone groups is 1. The Kier molecular flexibility index (Phi) is 4.45. The summed E-state index contributed by atoms with van der Waals surface area (Å²) in [6, 6.07) is 3.47. The first-order valence-electron chi connectivity index (χ1n) is 7.97. The first-order chi connectivity index (χ1) is 12.4. The number of nitrogens with zero attached hydrogens (tertiary/aromatic N) is 2. The van der Waals surface area contributed by atoms with Crippen molar-refractivity contribution in [1.29, 1.82) is 0 Å². The van der Waals surface area contributed by atoms with Crippen LogP contribution in [0.4, 0.5) is 5.69 Å². The zero-order valence-corrected chi connectivity index (χ0v) is 14.4. The van der Waals surface area contributed by atoms with Crippen molar-refractivity contribution in [3.8, 4) is 5.75 Å². The second-order valence-electron chi connectivity index (χ2n) is 5.76. The molecule has 2 aliphatic heterocycles. The van der Waals surface area contributed by atoms with Crippen LogP contribution in [-0.4, -0.2) is 49.0 Å². The highest BCUT2D eigenvalue weighted by Crippen LogP contribution is 2.36. The number of methoxy groups -OCH3 is 1. The number of carbonyl (C=O) groups excluding carboxylic acids is 4. The molecule has 0 spiro atoms. The summed E-state index contributed by atoms with van der Waals surface area (Å²) < 4.78 is 10.1.